The zero-order valence-corrected chi connectivity index (χ0v) is 12.5. The van der Waals surface area contributed by atoms with Gasteiger partial charge in [0.15, 0.2) is 0 Å². The second-order valence-corrected chi connectivity index (χ2v) is 6.38. The molecule has 1 saturated heterocycles. The van der Waals surface area contributed by atoms with E-state index in [4.69, 9.17) is 9.15 Å². The van der Waals surface area contributed by atoms with E-state index in [1.54, 1.807) is 6.26 Å². The smallest absolute Gasteiger partial charge is 0.464 e. The van der Waals surface area contributed by atoms with Gasteiger partial charge >= 0.3 is 7.12 Å². The molecule has 1 aromatic carbocycles. The van der Waals surface area contributed by atoms with Crippen LogP contribution < -0.4 is 5.32 Å². The fourth-order valence-electron chi connectivity index (χ4n) is 3.57. The molecule has 2 unspecified atom stereocenters. The van der Waals surface area contributed by atoms with Gasteiger partial charge in [-0.3, -0.25) is 4.79 Å². The van der Waals surface area contributed by atoms with E-state index in [1.165, 1.54) is 0 Å². The number of para-hydroxylation sites is 1. The number of rotatable bonds is 5. The standard InChI is InChI=1S/C16H18BNO5/c19-16(15-11-7-22-8-12(11)15)18-14(17(20)21)5-9-6-23-13-4-2-1-3-10(9)13/h1-4,6,11-12,14-15,20-21H,5,7-8H2,(H,18,19)/t11?,12?,14-,15?/m0/s1. The molecule has 4 rings (SSSR count). The van der Waals surface area contributed by atoms with Crippen LogP contribution in [0.1, 0.15) is 5.56 Å². The van der Waals surface area contributed by atoms with Crippen molar-refractivity contribution in [1.29, 1.82) is 0 Å². The minimum absolute atomic E-state index is 0.0499. The molecule has 1 saturated carbocycles. The Morgan fingerprint density at radius 1 is 1.30 bits per heavy atom. The summed E-state index contributed by atoms with van der Waals surface area (Å²) in [5, 5.41) is 22.9. The summed E-state index contributed by atoms with van der Waals surface area (Å²) in [6.45, 7) is 1.25. The lowest BCUT2D eigenvalue weighted by Gasteiger charge is -2.18. The van der Waals surface area contributed by atoms with Gasteiger partial charge in [0.2, 0.25) is 5.91 Å². The topological polar surface area (TPSA) is 91.9 Å². The Balaban J connectivity index is 1.47. The first-order chi connectivity index (χ1) is 11.1. The number of fused-ring (bicyclic) bond motifs is 2. The van der Waals surface area contributed by atoms with Crippen molar-refractivity contribution < 1.29 is 24.0 Å². The van der Waals surface area contributed by atoms with Crippen molar-refractivity contribution >= 4 is 24.0 Å². The largest absolute Gasteiger partial charge is 0.475 e. The van der Waals surface area contributed by atoms with Crippen LogP contribution in [0.5, 0.6) is 0 Å². The summed E-state index contributed by atoms with van der Waals surface area (Å²) in [4.78, 5) is 12.3. The summed E-state index contributed by atoms with van der Waals surface area (Å²) in [6, 6.07) is 7.55. The number of carbonyl (C=O) groups excluding carboxylic acids is 1. The highest BCUT2D eigenvalue weighted by atomic mass is 16.5. The average molecular weight is 315 g/mol. The van der Waals surface area contributed by atoms with Crippen molar-refractivity contribution in [2.45, 2.75) is 12.4 Å². The minimum Gasteiger partial charge on any atom is -0.464 e. The van der Waals surface area contributed by atoms with Crippen LogP contribution in [0, 0.1) is 17.8 Å². The van der Waals surface area contributed by atoms with Gasteiger partial charge in [-0.2, -0.15) is 0 Å². The Morgan fingerprint density at radius 2 is 2.04 bits per heavy atom. The Morgan fingerprint density at radius 3 is 2.78 bits per heavy atom. The van der Waals surface area contributed by atoms with Gasteiger partial charge in [0.05, 0.1) is 25.4 Å². The van der Waals surface area contributed by atoms with Gasteiger partial charge in [-0.15, -0.1) is 0 Å². The van der Waals surface area contributed by atoms with Crippen molar-refractivity contribution in [2.75, 3.05) is 13.2 Å². The van der Waals surface area contributed by atoms with Gasteiger partial charge in [-0.25, -0.2) is 0 Å². The van der Waals surface area contributed by atoms with Gasteiger partial charge in [-0.05, 0) is 29.9 Å². The van der Waals surface area contributed by atoms with Gasteiger partial charge in [0.1, 0.15) is 5.58 Å². The summed E-state index contributed by atoms with van der Waals surface area (Å²) in [5.41, 5.74) is 1.59. The van der Waals surface area contributed by atoms with Gasteiger partial charge in [0, 0.05) is 11.3 Å². The molecule has 0 bridgehead atoms. The average Bonchev–Trinajstić information content (AvgIpc) is 2.88. The molecule has 1 amide bonds. The molecular weight excluding hydrogens is 297 g/mol. The maximum Gasteiger partial charge on any atom is 0.475 e. The summed E-state index contributed by atoms with van der Waals surface area (Å²) in [5.74, 6) is -0.339. The van der Waals surface area contributed by atoms with Crippen molar-refractivity contribution in [3.8, 4) is 0 Å². The Hall–Kier alpha value is -1.83. The lowest BCUT2D eigenvalue weighted by Crippen LogP contribution is -2.48. The molecule has 3 atom stereocenters. The molecule has 120 valence electrons. The molecule has 2 aliphatic rings. The predicted molar refractivity (Wildman–Crippen MR) is 83.3 cm³/mol. The quantitative estimate of drug-likeness (QED) is 0.693. The van der Waals surface area contributed by atoms with Crippen molar-refractivity contribution in [2.24, 2.45) is 17.8 Å². The van der Waals surface area contributed by atoms with Gasteiger partial charge in [-0.1, -0.05) is 18.2 Å². The van der Waals surface area contributed by atoms with Crippen LogP contribution in [0.4, 0.5) is 0 Å². The molecule has 1 aliphatic heterocycles. The zero-order valence-electron chi connectivity index (χ0n) is 12.5. The van der Waals surface area contributed by atoms with E-state index in [0.717, 1.165) is 16.5 Å². The van der Waals surface area contributed by atoms with Crippen LogP contribution in [0.15, 0.2) is 34.9 Å². The number of carbonyl (C=O) groups is 1. The molecule has 2 aromatic rings. The van der Waals surface area contributed by atoms with E-state index in [9.17, 15) is 14.8 Å². The summed E-state index contributed by atoms with van der Waals surface area (Å²) >= 11 is 0. The van der Waals surface area contributed by atoms with Crippen LogP contribution >= 0.6 is 0 Å². The molecular formula is C16H18BNO5. The maximum atomic E-state index is 12.3. The van der Waals surface area contributed by atoms with E-state index in [-0.39, 0.29) is 11.8 Å². The predicted octanol–water partition coefficient (Wildman–Crippen LogP) is 0.364. The lowest BCUT2D eigenvalue weighted by molar-refractivity contribution is -0.124. The van der Waals surface area contributed by atoms with E-state index < -0.39 is 13.1 Å². The number of ether oxygens (including phenoxy) is 1. The van der Waals surface area contributed by atoms with Crippen LogP contribution in [0.3, 0.4) is 0 Å². The zero-order chi connectivity index (χ0) is 16.0. The van der Waals surface area contributed by atoms with E-state index in [0.29, 0.717) is 31.5 Å². The number of hydrogen-bond acceptors (Lipinski definition) is 5. The van der Waals surface area contributed by atoms with E-state index >= 15 is 0 Å². The highest BCUT2D eigenvalue weighted by Gasteiger charge is 2.58. The molecule has 7 heteroatoms. The minimum atomic E-state index is -1.62. The van der Waals surface area contributed by atoms with Crippen LogP contribution in [-0.2, 0) is 16.0 Å². The number of hydrogen-bond donors (Lipinski definition) is 3. The Kier molecular flexibility index (Phi) is 3.63. The highest BCUT2D eigenvalue weighted by molar-refractivity contribution is 6.43. The molecule has 6 nitrogen and oxygen atoms in total. The summed E-state index contributed by atoms with van der Waals surface area (Å²) in [7, 11) is -1.62. The van der Waals surface area contributed by atoms with E-state index in [1.807, 2.05) is 24.3 Å². The van der Waals surface area contributed by atoms with Crippen LogP contribution in [-0.4, -0.2) is 42.2 Å². The second-order valence-electron chi connectivity index (χ2n) is 6.38. The molecule has 2 heterocycles. The molecule has 23 heavy (non-hydrogen) atoms. The molecule has 2 fully saturated rings. The Labute approximate surface area is 133 Å². The Bertz CT molecular complexity index is 720. The first-order valence-corrected chi connectivity index (χ1v) is 7.84. The molecule has 0 spiro atoms. The third kappa shape index (κ3) is 2.65. The fraction of sp³-hybridized carbons (Fsp3) is 0.438. The van der Waals surface area contributed by atoms with E-state index in [2.05, 4.69) is 5.32 Å². The number of furan rings is 1. The van der Waals surface area contributed by atoms with Crippen molar-refractivity contribution in [3.63, 3.8) is 0 Å². The fourth-order valence-corrected chi connectivity index (χ4v) is 3.57. The molecule has 1 aromatic heterocycles. The molecule has 3 N–H and O–H groups in total. The first-order valence-electron chi connectivity index (χ1n) is 7.84. The summed E-state index contributed by atoms with van der Waals surface area (Å²) < 4.78 is 10.7. The summed E-state index contributed by atoms with van der Waals surface area (Å²) in [6.07, 6.45) is 1.91. The number of nitrogens with one attached hydrogen (secondary N) is 1. The highest BCUT2D eigenvalue weighted by Crippen LogP contribution is 2.50. The molecule has 0 radical (unpaired) electrons. The van der Waals surface area contributed by atoms with Crippen molar-refractivity contribution in [3.05, 3.63) is 36.1 Å². The lowest BCUT2D eigenvalue weighted by atomic mass is 9.75. The number of amides is 1. The SMILES string of the molecule is O=C(N[C@@H](Cc1coc2ccccc12)B(O)O)C1C2COCC21. The molecule has 1 aliphatic carbocycles. The van der Waals surface area contributed by atoms with Crippen LogP contribution in [0.25, 0.3) is 11.0 Å². The van der Waals surface area contributed by atoms with Crippen LogP contribution in [0.2, 0.25) is 0 Å². The monoisotopic (exact) mass is 315 g/mol. The normalized spacial score (nSPS) is 26.8. The van der Waals surface area contributed by atoms with Gasteiger partial charge < -0.3 is 24.5 Å². The third-order valence-electron chi connectivity index (χ3n) is 4.94. The second kappa shape index (κ2) is 5.67. The van der Waals surface area contributed by atoms with Gasteiger partial charge in [0.25, 0.3) is 0 Å². The first kappa shape index (κ1) is 14.7. The maximum absolute atomic E-state index is 12.3. The van der Waals surface area contributed by atoms with Crippen molar-refractivity contribution in [1.82, 2.24) is 5.32 Å². The third-order valence-corrected chi connectivity index (χ3v) is 4.94. The number of benzene rings is 1.